The number of rotatable bonds is 4. The first-order chi connectivity index (χ1) is 9.87. The third kappa shape index (κ3) is 4.18. The molecule has 0 saturated carbocycles. The summed E-state index contributed by atoms with van der Waals surface area (Å²) in [5.74, 6) is -0.0492. The van der Waals surface area contributed by atoms with E-state index in [0.717, 1.165) is 17.7 Å². The monoisotopic (exact) mass is 285 g/mol. The molecule has 2 aromatic rings. The molecular weight excluding hydrogens is 262 g/mol. The van der Waals surface area contributed by atoms with E-state index in [1.807, 2.05) is 31.3 Å². The van der Waals surface area contributed by atoms with Crippen molar-refractivity contribution in [2.75, 3.05) is 0 Å². The van der Waals surface area contributed by atoms with Crippen molar-refractivity contribution in [2.24, 2.45) is 5.41 Å². The van der Waals surface area contributed by atoms with Crippen molar-refractivity contribution in [1.29, 1.82) is 0 Å². The third-order valence-electron chi connectivity index (χ3n) is 3.41. The Morgan fingerprint density at radius 1 is 1.38 bits per heavy atom. The predicted octanol–water partition coefficient (Wildman–Crippen LogP) is 3.63. The Morgan fingerprint density at radius 2 is 2.14 bits per heavy atom. The lowest BCUT2D eigenvalue weighted by molar-refractivity contribution is 0.0926. The molecular formula is C17H23N3O. The zero-order chi connectivity index (χ0) is 15.5. The molecule has 0 aliphatic heterocycles. The topological polar surface area (TPSA) is 57.8 Å². The smallest absolute Gasteiger partial charge is 0.253 e. The van der Waals surface area contributed by atoms with Gasteiger partial charge in [0.25, 0.3) is 5.91 Å². The molecule has 2 N–H and O–H groups in total. The van der Waals surface area contributed by atoms with E-state index < -0.39 is 0 Å². The number of carbonyl (C=O) groups is 1. The van der Waals surface area contributed by atoms with Crippen LogP contribution in [0.15, 0.2) is 36.8 Å². The van der Waals surface area contributed by atoms with E-state index in [1.54, 1.807) is 12.4 Å². The summed E-state index contributed by atoms with van der Waals surface area (Å²) in [5, 5.41) is 3.13. The molecule has 0 saturated heterocycles. The zero-order valence-corrected chi connectivity index (χ0v) is 13.1. The molecule has 2 aromatic heterocycles. The van der Waals surface area contributed by atoms with Crippen LogP contribution in [0.4, 0.5) is 0 Å². The summed E-state index contributed by atoms with van der Waals surface area (Å²) in [6, 6.07) is 5.68. The second-order valence-electron chi connectivity index (χ2n) is 6.59. The third-order valence-corrected chi connectivity index (χ3v) is 3.41. The average molecular weight is 285 g/mol. The minimum absolute atomic E-state index is 0.0412. The van der Waals surface area contributed by atoms with Crippen molar-refractivity contribution in [3.63, 3.8) is 0 Å². The van der Waals surface area contributed by atoms with Crippen LogP contribution in [0.3, 0.4) is 0 Å². The zero-order valence-electron chi connectivity index (χ0n) is 13.1. The van der Waals surface area contributed by atoms with Crippen LogP contribution in [-0.4, -0.2) is 15.9 Å². The van der Waals surface area contributed by atoms with E-state index in [9.17, 15) is 4.79 Å². The number of aromatic nitrogens is 2. The molecule has 0 aliphatic carbocycles. The summed E-state index contributed by atoms with van der Waals surface area (Å²) in [5.41, 5.74) is 2.72. The molecule has 1 atom stereocenters. The van der Waals surface area contributed by atoms with Crippen LogP contribution in [0.1, 0.15) is 54.8 Å². The molecule has 0 aromatic carbocycles. The number of aromatic amines is 1. The van der Waals surface area contributed by atoms with Crippen LogP contribution in [-0.2, 0) is 0 Å². The molecule has 0 unspecified atom stereocenters. The van der Waals surface area contributed by atoms with E-state index in [-0.39, 0.29) is 17.4 Å². The van der Waals surface area contributed by atoms with Crippen molar-refractivity contribution in [3.8, 4) is 0 Å². The summed E-state index contributed by atoms with van der Waals surface area (Å²) in [6.45, 7) is 8.41. The summed E-state index contributed by atoms with van der Waals surface area (Å²) in [7, 11) is 0. The first kappa shape index (κ1) is 15.3. The summed E-state index contributed by atoms with van der Waals surface area (Å²) in [6.07, 6.45) is 6.21. The molecule has 0 fully saturated rings. The largest absolute Gasteiger partial charge is 0.365 e. The standard InChI is InChI=1S/C17H23N3O/c1-12-14(7-9-19-12)16(21)20-15(10-17(2,3)4)13-6-5-8-18-11-13/h5-9,11,15,19H,10H2,1-4H3,(H,20,21)/t15-/m1/s1. The normalized spacial score (nSPS) is 13.0. The minimum atomic E-state index is -0.0492. The lowest BCUT2D eigenvalue weighted by Gasteiger charge is -2.27. The number of pyridine rings is 1. The number of nitrogens with one attached hydrogen (secondary N) is 2. The van der Waals surface area contributed by atoms with Gasteiger partial charge in [0.2, 0.25) is 0 Å². The molecule has 112 valence electrons. The van der Waals surface area contributed by atoms with Gasteiger partial charge in [0.05, 0.1) is 11.6 Å². The van der Waals surface area contributed by atoms with E-state index in [4.69, 9.17) is 0 Å². The Labute approximate surface area is 126 Å². The molecule has 4 heteroatoms. The first-order valence-corrected chi connectivity index (χ1v) is 7.21. The summed E-state index contributed by atoms with van der Waals surface area (Å²) < 4.78 is 0. The molecule has 0 spiro atoms. The second kappa shape index (κ2) is 6.12. The average Bonchev–Trinajstić information content (AvgIpc) is 2.84. The Morgan fingerprint density at radius 3 is 2.67 bits per heavy atom. The maximum atomic E-state index is 12.4. The van der Waals surface area contributed by atoms with Gasteiger partial charge < -0.3 is 10.3 Å². The van der Waals surface area contributed by atoms with Gasteiger partial charge in [0.15, 0.2) is 0 Å². The van der Waals surface area contributed by atoms with Crippen molar-refractivity contribution in [3.05, 3.63) is 53.6 Å². The Bertz CT molecular complexity index is 596. The Balaban J connectivity index is 2.21. The Hall–Kier alpha value is -2.10. The fourth-order valence-electron chi connectivity index (χ4n) is 2.38. The number of amides is 1. The SMILES string of the molecule is Cc1[nH]ccc1C(=O)N[C@H](CC(C)(C)C)c1cccnc1. The molecule has 0 radical (unpaired) electrons. The van der Waals surface area contributed by atoms with Gasteiger partial charge >= 0.3 is 0 Å². The van der Waals surface area contributed by atoms with Crippen molar-refractivity contribution < 1.29 is 4.79 Å². The number of carbonyl (C=O) groups excluding carboxylic acids is 1. The van der Waals surface area contributed by atoms with Crippen LogP contribution < -0.4 is 5.32 Å². The first-order valence-electron chi connectivity index (χ1n) is 7.21. The number of H-pyrrole nitrogens is 1. The minimum Gasteiger partial charge on any atom is -0.365 e. The quantitative estimate of drug-likeness (QED) is 0.901. The molecule has 2 heterocycles. The highest BCUT2D eigenvalue weighted by atomic mass is 16.1. The molecule has 4 nitrogen and oxygen atoms in total. The van der Waals surface area contributed by atoms with Gasteiger partial charge in [-0.3, -0.25) is 9.78 Å². The summed E-state index contributed by atoms with van der Waals surface area (Å²) >= 11 is 0. The van der Waals surface area contributed by atoms with E-state index in [2.05, 4.69) is 36.1 Å². The number of nitrogens with zero attached hydrogens (tertiary/aromatic N) is 1. The van der Waals surface area contributed by atoms with Crippen LogP contribution in [0.2, 0.25) is 0 Å². The van der Waals surface area contributed by atoms with Crippen molar-refractivity contribution >= 4 is 5.91 Å². The number of hydrogen-bond acceptors (Lipinski definition) is 2. The van der Waals surface area contributed by atoms with E-state index in [1.165, 1.54) is 0 Å². The summed E-state index contributed by atoms with van der Waals surface area (Å²) in [4.78, 5) is 19.6. The maximum Gasteiger partial charge on any atom is 0.253 e. The fraction of sp³-hybridized carbons (Fsp3) is 0.412. The van der Waals surface area contributed by atoms with Crippen LogP contribution in [0.5, 0.6) is 0 Å². The van der Waals surface area contributed by atoms with Gasteiger partial charge in [0, 0.05) is 24.3 Å². The highest BCUT2D eigenvalue weighted by Crippen LogP contribution is 2.29. The Kier molecular flexibility index (Phi) is 4.46. The van der Waals surface area contributed by atoms with Crippen LogP contribution >= 0.6 is 0 Å². The van der Waals surface area contributed by atoms with Crippen LogP contribution in [0, 0.1) is 12.3 Å². The van der Waals surface area contributed by atoms with Gasteiger partial charge in [-0.2, -0.15) is 0 Å². The van der Waals surface area contributed by atoms with Gasteiger partial charge in [-0.15, -0.1) is 0 Å². The lowest BCUT2D eigenvalue weighted by atomic mass is 9.85. The van der Waals surface area contributed by atoms with Gasteiger partial charge in [-0.05, 0) is 36.5 Å². The molecule has 1 amide bonds. The van der Waals surface area contributed by atoms with Gasteiger partial charge in [-0.25, -0.2) is 0 Å². The van der Waals surface area contributed by atoms with Gasteiger partial charge in [0.1, 0.15) is 0 Å². The van der Waals surface area contributed by atoms with Crippen molar-refractivity contribution in [1.82, 2.24) is 15.3 Å². The molecule has 21 heavy (non-hydrogen) atoms. The number of hydrogen-bond donors (Lipinski definition) is 2. The number of aryl methyl sites for hydroxylation is 1. The van der Waals surface area contributed by atoms with E-state index in [0.29, 0.717) is 5.56 Å². The van der Waals surface area contributed by atoms with Crippen molar-refractivity contribution in [2.45, 2.75) is 40.2 Å². The second-order valence-corrected chi connectivity index (χ2v) is 6.59. The molecule has 0 bridgehead atoms. The lowest BCUT2D eigenvalue weighted by Crippen LogP contribution is -2.31. The molecule has 0 aliphatic rings. The maximum absolute atomic E-state index is 12.4. The van der Waals surface area contributed by atoms with Gasteiger partial charge in [-0.1, -0.05) is 26.8 Å². The highest BCUT2D eigenvalue weighted by molar-refractivity contribution is 5.95. The van der Waals surface area contributed by atoms with E-state index >= 15 is 0 Å². The highest BCUT2D eigenvalue weighted by Gasteiger charge is 2.23. The fourth-order valence-corrected chi connectivity index (χ4v) is 2.38. The molecule has 2 rings (SSSR count). The van der Waals surface area contributed by atoms with Crippen LogP contribution in [0.25, 0.3) is 0 Å². The predicted molar refractivity (Wildman–Crippen MR) is 84.0 cm³/mol.